The van der Waals surface area contributed by atoms with Gasteiger partial charge in [0.1, 0.15) is 0 Å². The van der Waals surface area contributed by atoms with Gasteiger partial charge >= 0.3 is 0 Å². The standard InChI is InChI=1S/C21H43O2PSi2/c1-20(2,3)25(8,9)22-18-14-17(12-13-24-7)15-19(16-18)23-26(10,11)21(4,5)6/h12,18-19H,7,13-16H2,1-6,8-11H3/t18-,19+. The molecule has 0 N–H and O–H groups in total. The van der Waals surface area contributed by atoms with Crippen molar-refractivity contribution < 1.29 is 8.85 Å². The zero-order chi connectivity index (χ0) is 20.4. The molecule has 1 saturated carbocycles. The van der Waals surface area contributed by atoms with Crippen LogP contribution < -0.4 is 0 Å². The maximum absolute atomic E-state index is 6.80. The highest BCUT2D eigenvalue weighted by Crippen LogP contribution is 2.42. The largest absolute Gasteiger partial charge is 0.414 e. The van der Waals surface area contributed by atoms with E-state index < -0.39 is 16.6 Å². The molecule has 0 aromatic heterocycles. The van der Waals surface area contributed by atoms with Gasteiger partial charge in [0.2, 0.25) is 0 Å². The summed E-state index contributed by atoms with van der Waals surface area (Å²) < 4.78 is 13.6. The minimum Gasteiger partial charge on any atom is -0.414 e. The summed E-state index contributed by atoms with van der Waals surface area (Å²) in [6, 6.07) is 0. The Morgan fingerprint density at radius 2 is 1.31 bits per heavy atom. The molecule has 26 heavy (non-hydrogen) atoms. The molecule has 5 heteroatoms. The SMILES string of the molecule is C=PCC=C1C[C@@H](O[Si](C)(C)C(C)(C)C)C[C@@H](O[Si](C)(C)C(C)(C)C)C1. The molecule has 1 fully saturated rings. The van der Waals surface area contributed by atoms with Gasteiger partial charge in [0.05, 0.1) is 12.2 Å². The minimum atomic E-state index is -1.76. The Morgan fingerprint density at radius 3 is 1.62 bits per heavy atom. The van der Waals surface area contributed by atoms with Gasteiger partial charge in [0, 0.05) is 6.16 Å². The van der Waals surface area contributed by atoms with E-state index in [1.165, 1.54) is 13.8 Å². The van der Waals surface area contributed by atoms with Crippen molar-refractivity contribution in [1.29, 1.82) is 0 Å². The molecular weight excluding hydrogens is 371 g/mol. The predicted octanol–water partition coefficient (Wildman–Crippen LogP) is 7.26. The Bertz CT molecular complexity index is 475. The van der Waals surface area contributed by atoms with E-state index in [2.05, 4.69) is 80.1 Å². The summed E-state index contributed by atoms with van der Waals surface area (Å²) >= 11 is 0. The predicted molar refractivity (Wildman–Crippen MR) is 125 cm³/mol. The average molecular weight is 415 g/mol. The van der Waals surface area contributed by atoms with Crippen molar-refractivity contribution in [2.75, 3.05) is 6.16 Å². The summed E-state index contributed by atoms with van der Waals surface area (Å²) in [6.45, 7) is 23.4. The molecule has 0 amide bonds. The van der Waals surface area contributed by atoms with Gasteiger partial charge in [-0.2, -0.15) is 0 Å². The van der Waals surface area contributed by atoms with E-state index in [4.69, 9.17) is 8.85 Å². The number of hydrogen-bond acceptors (Lipinski definition) is 2. The highest BCUT2D eigenvalue weighted by Gasteiger charge is 2.43. The first-order valence-electron chi connectivity index (χ1n) is 10.0. The monoisotopic (exact) mass is 414 g/mol. The first kappa shape index (κ1) is 24.3. The summed E-state index contributed by atoms with van der Waals surface area (Å²) in [4.78, 5) is 0. The first-order chi connectivity index (χ1) is 11.6. The van der Waals surface area contributed by atoms with Gasteiger partial charge in [-0.15, -0.1) is 8.20 Å². The van der Waals surface area contributed by atoms with E-state index in [0.29, 0.717) is 12.2 Å². The molecule has 2 atom stereocenters. The fourth-order valence-electron chi connectivity index (χ4n) is 2.85. The van der Waals surface area contributed by atoms with E-state index in [9.17, 15) is 0 Å². The molecule has 0 heterocycles. The van der Waals surface area contributed by atoms with Crippen LogP contribution in [0.3, 0.4) is 0 Å². The number of rotatable bonds is 6. The Kier molecular flexibility index (Phi) is 8.16. The van der Waals surface area contributed by atoms with E-state index >= 15 is 0 Å². The van der Waals surface area contributed by atoms with Crippen LogP contribution in [0.2, 0.25) is 36.3 Å². The lowest BCUT2D eigenvalue weighted by molar-refractivity contribution is 0.0725. The fourth-order valence-corrected chi connectivity index (χ4v) is 5.98. The van der Waals surface area contributed by atoms with Gasteiger partial charge in [0.25, 0.3) is 0 Å². The van der Waals surface area contributed by atoms with Crippen molar-refractivity contribution in [2.24, 2.45) is 0 Å². The topological polar surface area (TPSA) is 18.5 Å². The van der Waals surface area contributed by atoms with Gasteiger partial charge in [-0.05, 0) is 55.5 Å². The summed E-state index contributed by atoms with van der Waals surface area (Å²) in [5, 5.41) is 0.492. The summed E-state index contributed by atoms with van der Waals surface area (Å²) in [5.74, 6) is 0. The maximum atomic E-state index is 6.80. The van der Waals surface area contributed by atoms with Crippen molar-refractivity contribution in [3.63, 3.8) is 0 Å². The molecule has 0 unspecified atom stereocenters. The molecule has 1 aliphatic carbocycles. The van der Waals surface area contributed by atoms with E-state index in [0.717, 1.165) is 25.4 Å². The van der Waals surface area contributed by atoms with E-state index in [1.54, 1.807) is 0 Å². The normalized spacial score (nSPS) is 25.1. The third kappa shape index (κ3) is 6.70. The summed E-state index contributed by atoms with van der Waals surface area (Å²) in [6.07, 6.45) is 11.2. The number of allylic oxidation sites excluding steroid dienone is 1. The molecule has 1 rings (SSSR count). The van der Waals surface area contributed by atoms with Gasteiger partial charge in [0.15, 0.2) is 16.6 Å². The Balaban J connectivity index is 2.98. The lowest BCUT2D eigenvalue weighted by Crippen LogP contribution is -2.48. The first-order valence-corrected chi connectivity index (χ1v) is 17.1. The lowest BCUT2D eigenvalue weighted by atomic mass is 9.90. The van der Waals surface area contributed by atoms with E-state index in [1.807, 2.05) is 0 Å². The third-order valence-corrected chi connectivity index (χ3v) is 16.1. The number of hydrogen-bond donors (Lipinski definition) is 0. The van der Waals surface area contributed by atoms with Crippen LogP contribution >= 0.6 is 8.20 Å². The molecule has 0 aromatic rings. The second kappa shape index (κ2) is 8.74. The van der Waals surface area contributed by atoms with Crippen LogP contribution in [0.25, 0.3) is 0 Å². The van der Waals surface area contributed by atoms with Crippen molar-refractivity contribution in [3.05, 3.63) is 11.6 Å². The van der Waals surface area contributed by atoms with Crippen LogP contribution in [0.4, 0.5) is 0 Å². The average Bonchev–Trinajstić information content (AvgIpc) is 2.41. The molecule has 0 aromatic carbocycles. The second-order valence-corrected chi connectivity index (χ2v) is 21.2. The molecule has 0 radical (unpaired) electrons. The van der Waals surface area contributed by atoms with Crippen molar-refractivity contribution in [2.45, 2.75) is 109 Å². The van der Waals surface area contributed by atoms with Crippen LogP contribution in [0.1, 0.15) is 60.8 Å². The highest BCUT2D eigenvalue weighted by molar-refractivity contribution is 7.36. The Labute approximate surface area is 167 Å². The van der Waals surface area contributed by atoms with Crippen LogP contribution in [0.5, 0.6) is 0 Å². The van der Waals surface area contributed by atoms with Crippen LogP contribution in [0, 0.1) is 0 Å². The van der Waals surface area contributed by atoms with Crippen LogP contribution in [0.15, 0.2) is 11.6 Å². The van der Waals surface area contributed by atoms with Crippen molar-refractivity contribution >= 4 is 31.1 Å². The highest BCUT2D eigenvalue weighted by atomic mass is 31.1. The second-order valence-electron chi connectivity index (χ2n) is 10.9. The third-order valence-electron chi connectivity index (χ3n) is 6.55. The molecule has 152 valence electrons. The van der Waals surface area contributed by atoms with Gasteiger partial charge < -0.3 is 8.85 Å². The van der Waals surface area contributed by atoms with Crippen LogP contribution in [-0.4, -0.2) is 41.3 Å². The van der Waals surface area contributed by atoms with Crippen molar-refractivity contribution in [1.82, 2.24) is 0 Å². The maximum Gasteiger partial charge on any atom is 0.192 e. The van der Waals surface area contributed by atoms with Crippen molar-refractivity contribution in [3.8, 4) is 0 Å². The van der Waals surface area contributed by atoms with Gasteiger partial charge in [-0.1, -0.05) is 59.5 Å². The molecule has 0 saturated heterocycles. The van der Waals surface area contributed by atoms with Crippen LogP contribution in [-0.2, 0) is 8.85 Å². The lowest BCUT2D eigenvalue weighted by Gasteiger charge is -2.45. The van der Waals surface area contributed by atoms with E-state index in [-0.39, 0.29) is 10.1 Å². The molecule has 1 aliphatic rings. The molecular formula is C21H43O2PSi2. The zero-order valence-electron chi connectivity index (χ0n) is 19.0. The molecule has 0 aliphatic heterocycles. The smallest absolute Gasteiger partial charge is 0.192 e. The van der Waals surface area contributed by atoms with Gasteiger partial charge in [-0.25, -0.2) is 0 Å². The summed E-state index contributed by atoms with van der Waals surface area (Å²) in [7, 11) is -2.34. The molecule has 0 spiro atoms. The summed E-state index contributed by atoms with van der Waals surface area (Å²) in [5.41, 5.74) is 1.51. The molecule has 2 nitrogen and oxygen atoms in total. The quantitative estimate of drug-likeness (QED) is 0.259. The minimum absolute atomic E-state index is 0.246. The zero-order valence-corrected chi connectivity index (χ0v) is 21.9. The van der Waals surface area contributed by atoms with Gasteiger partial charge in [-0.3, -0.25) is 0 Å². The Morgan fingerprint density at radius 1 is 0.923 bits per heavy atom. The fraction of sp³-hybridized carbons (Fsp3) is 0.857. The Hall–Kier alpha value is 0.264. The molecule has 0 bridgehead atoms.